The van der Waals surface area contributed by atoms with Crippen LogP contribution >= 0.6 is 0 Å². The molecule has 10 nitrogen and oxygen atoms in total. The second-order valence-electron chi connectivity index (χ2n) is 3.50. The van der Waals surface area contributed by atoms with Gasteiger partial charge in [-0.3, -0.25) is 4.55 Å². The van der Waals surface area contributed by atoms with E-state index >= 15 is 0 Å². The fourth-order valence-electron chi connectivity index (χ4n) is 0.618. The minimum Gasteiger partial charge on any atom is -0.394 e. The molecule has 0 saturated heterocycles. The van der Waals surface area contributed by atoms with E-state index in [1.807, 2.05) is 0 Å². The van der Waals surface area contributed by atoms with E-state index in [-0.39, 0.29) is 6.29 Å². The van der Waals surface area contributed by atoms with Crippen molar-refractivity contribution in [2.24, 2.45) is 0 Å². The Hall–Kier alpha value is -1.34. The van der Waals surface area contributed by atoms with Gasteiger partial charge in [0, 0.05) is 6.92 Å². The third kappa shape index (κ3) is 12.9. The SMILES string of the molecule is CC#N.O=CC(O)C(O)C(O)C(O)CO.O=S(=O)(O)C(F)(F)F. The Morgan fingerprint density at radius 1 is 1.17 bits per heavy atom. The van der Waals surface area contributed by atoms with Gasteiger partial charge in [-0.15, -0.1) is 0 Å². The minimum absolute atomic E-state index is 0.0258. The Morgan fingerprint density at radius 2 is 1.48 bits per heavy atom. The standard InChI is InChI=1S/C6H12O6.C2H3N.CHF3O3S/c7-1-3(9)5(11)6(12)4(10)2-8;1-2-3;2-1(3,4)8(5,6)7/h1,3-6,8-12H,2H2;1H3;(H,5,6,7). The summed E-state index contributed by atoms with van der Waals surface area (Å²) in [4.78, 5) is 9.90. The van der Waals surface area contributed by atoms with Crippen LogP contribution in [0.3, 0.4) is 0 Å². The highest BCUT2D eigenvalue weighted by Crippen LogP contribution is 2.20. The summed E-state index contributed by atoms with van der Waals surface area (Å²) in [5, 5.41) is 50.9. The number of carbonyl (C=O) groups is 1. The molecule has 0 spiro atoms. The average Bonchev–Trinajstić information content (AvgIpc) is 2.43. The van der Waals surface area contributed by atoms with E-state index in [1.165, 1.54) is 6.92 Å². The molecule has 23 heavy (non-hydrogen) atoms. The van der Waals surface area contributed by atoms with Crippen LogP contribution in [0.2, 0.25) is 0 Å². The maximum absolute atomic E-state index is 10.7. The molecule has 138 valence electrons. The van der Waals surface area contributed by atoms with Crippen LogP contribution in [-0.2, 0) is 14.9 Å². The summed E-state index contributed by atoms with van der Waals surface area (Å²) in [6.07, 6.45) is -6.84. The molecule has 0 aliphatic heterocycles. The summed E-state index contributed by atoms with van der Waals surface area (Å²) in [6.45, 7) is 0.670. The van der Waals surface area contributed by atoms with Crippen LogP contribution in [0.25, 0.3) is 0 Å². The van der Waals surface area contributed by atoms with Crippen LogP contribution in [0, 0.1) is 11.3 Å². The molecule has 0 radical (unpaired) electrons. The quantitative estimate of drug-likeness (QED) is 0.171. The molecule has 6 N–H and O–H groups in total. The molecule has 0 aromatic carbocycles. The number of aliphatic hydroxyl groups excluding tert-OH is 5. The second kappa shape index (κ2) is 12.1. The van der Waals surface area contributed by atoms with E-state index in [1.54, 1.807) is 6.07 Å². The van der Waals surface area contributed by atoms with Crippen LogP contribution in [0.1, 0.15) is 6.92 Å². The Morgan fingerprint density at radius 3 is 1.65 bits per heavy atom. The lowest BCUT2D eigenvalue weighted by molar-refractivity contribution is -0.136. The van der Waals surface area contributed by atoms with E-state index in [9.17, 15) is 18.0 Å². The maximum atomic E-state index is 10.7. The molecule has 4 unspecified atom stereocenters. The van der Waals surface area contributed by atoms with E-state index in [2.05, 4.69) is 0 Å². The third-order valence-corrected chi connectivity index (χ3v) is 2.30. The molecule has 4 atom stereocenters. The molecule has 0 heterocycles. The molecule has 0 aliphatic carbocycles. The molecule has 0 aromatic rings. The zero-order valence-electron chi connectivity index (χ0n) is 11.5. The molecule has 0 fully saturated rings. The second-order valence-corrected chi connectivity index (χ2v) is 4.92. The summed E-state index contributed by atoms with van der Waals surface area (Å²) < 4.78 is 57.5. The minimum atomic E-state index is -5.84. The van der Waals surface area contributed by atoms with Crippen molar-refractivity contribution < 1.29 is 56.5 Å². The number of hydrogen-bond acceptors (Lipinski definition) is 9. The van der Waals surface area contributed by atoms with Gasteiger partial charge in [0.15, 0.2) is 6.29 Å². The van der Waals surface area contributed by atoms with Gasteiger partial charge in [0.1, 0.15) is 24.4 Å². The summed E-state index contributed by atoms with van der Waals surface area (Å²) >= 11 is 0. The fraction of sp³-hybridized carbons (Fsp3) is 0.778. The van der Waals surface area contributed by atoms with Crippen molar-refractivity contribution in [2.45, 2.75) is 36.8 Å². The number of alkyl halides is 3. The summed E-state index contributed by atoms with van der Waals surface area (Å²) in [7, 11) is -5.84. The highest BCUT2D eigenvalue weighted by Gasteiger charge is 2.44. The topological polar surface area (TPSA) is 196 Å². The normalized spacial score (nSPS) is 16.2. The zero-order valence-corrected chi connectivity index (χ0v) is 12.3. The number of halogens is 3. The van der Waals surface area contributed by atoms with Crippen LogP contribution in [0.15, 0.2) is 0 Å². The van der Waals surface area contributed by atoms with Crippen molar-refractivity contribution >= 4 is 16.4 Å². The van der Waals surface area contributed by atoms with Crippen molar-refractivity contribution in [3.8, 4) is 6.07 Å². The Balaban J connectivity index is -0.000000313. The molecule has 0 rings (SSSR count). The first-order valence-corrected chi connectivity index (χ1v) is 6.78. The molecule has 0 amide bonds. The summed E-state index contributed by atoms with van der Waals surface area (Å²) in [6, 6.07) is 1.75. The van der Waals surface area contributed by atoms with E-state index in [0.29, 0.717) is 0 Å². The third-order valence-electron chi connectivity index (χ3n) is 1.71. The molecule has 14 heteroatoms. The highest BCUT2D eigenvalue weighted by atomic mass is 32.2. The van der Waals surface area contributed by atoms with E-state index < -0.39 is 46.6 Å². The molecular weight excluding hydrogens is 355 g/mol. The van der Waals surface area contributed by atoms with Crippen LogP contribution in [-0.4, -0.2) is 81.3 Å². The number of nitriles is 1. The van der Waals surface area contributed by atoms with Gasteiger partial charge in [0.25, 0.3) is 0 Å². The van der Waals surface area contributed by atoms with Gasteiger partial charge < -0.3 is 30.3 Å². The van der Waals surface area contributed by atoms with Crippen molar-refractivity contribution in [2.75, 3.05) is 6.61 Å². The largest absolute Gasteiger partial charge is 0.522 e. The van der Waals surface area contributed by atoms with Gasteiger partial charge >= 0.3 is 15.6 Å². The van der Waals surface area contributed by atoms with Crippen molar-refractivity contribution in [1.29, 1.82) is 5.26 Å². The van der Waals surface area contributed by atoms with Gasteiger partial charge in [0.2, 0.25) is 0 Å². The van der Waals surface area contributed by atoms with Gasteiger partial charge in [-0.1, -0.05) is 0 Å². The first-order valence-electron chi connectivity index (χ1n) is 5.34. The lowest BCUT2D eigenvalue weighted by Gasteiger charge is -2.22. The highest BCUT2D eigenvalue weighted by molar-refractivity contribution is 7.86. The molecule has 0 saturated carbocycles. The fourth-order valence-corrected chi connectivity index (χ4v) is 0.618. The van der Waals surface area contributed by atoms with Crippen LogP contribution in [0.4, 0.5) is 13.2 Å². The average molecular weight is 371 g/mol. The monoisotopic (exact) mass is 371 g/mol. The Kier molecular flexibility index (Phi) is 14.0. The van der Waals surface area contributed by atoms with E-state index in [0.717, 1.165) is 0 Å². The number of rotatable bonds is 5. The first-order chi connectivity index (χ1) is 10.2. The van der Waals surface area contributed by atoms with Gasteiger partial charge in [0.05, 0.1) is 12.7 Å². The molecular formula is C9H16F3NO9S. The van der Waals surface area contributed by atoms with Crippen molar-refractivity contribution in [3.05, 3.63) is 0 Å². The summed E-state index contributed by atoms with van der Waals surface area (Å²) in [5.41, 5.74) is -5.53. The smallest absolute Gasteiger partial charge is 0.394 e. The number of carbonyl (C=O) groups excluding carboxylic acids is 1. The summed E-state index contributed by atoms with van der Waals surface area (Å²) in [5.74, 6) is 0. The molecule has 0 aromatic heterocycles. The predicted octanol–water partition coefficient (Wildman–Crippen LogP) is -2.45. The van der Waals surface area contributed by atoms with Gasteiger partial charge in [-0.2, -0.15) is 26.9 Å². The van der Waals surface area contributed by atoms with Crippen LogP contribution < -0.4 is 0 Å². The number of nitrogens with zero attached hydrogens (tertiary/aromatic N) is 1. The Bertz CT molecular complexity index is 462. The van der Waals surface area contributed by atoms with E-state index in [4.69, 9.17) is 43.8 Å². The van der Waals surface area contributed by atoms with Gasteiger partial charge in [-0.05, 0) is 0 Å². The number of aldehydes is 1. The van der Waals surface area contributed by atoms with Crippen LogP contribution in [0.5, 0.6) is 0 Å². The zero-order chi connectivity index (χ0) is 19.4. The predicted molar refractivity (Wildman–Crippen MR) is 66.1 cm³/mol. The van der Waals surface area contributed by atoms with Crippen molar-refractivity contribution in [3.63, 3.8) is 0 Å². The van der Waals surface area contributed by atoms with Gasteiger partial charge in [-0.25, -0.2) is 0 Å². The van der Waals surface area contributed by atoms with Crippen molar-refractivity contribution in [1.82, 2.24) is 0 Å². The molecule has 0 bridgehead atoms. The number of aliphatic hydroxyl groups is 5. The number of hydrogen-bond donors (Lipinski definition) is 6. The lowest BCUT2D eigenvalue weighted by atomic mass is 10.0. The Labute approximate surface area is 128 Å². The lowest BCUT2D eigenvalue weighted by Crippen LogP contribution is -2.46. The molecule has 0 aliphatic rings. The maximum Gasteiger partial charge on any atom is 0.522 e. The first kappa shape index (κ1) is 26.6.